The molecule has 0 amide bonds. The lowest BCUT2D eigenvalue weighted by molar-refractivity contribution is 0.105. The molecule has 0 saturated carbocycles. The van der Waals surface area contributed by atoms with Gasteiger partial charge in [-0.15, -0.1) is 0 Å². The molecule has 1 aromatic carbocycles. The van der Waals surface area contributed by atoms with E-state index in [0.29, 0.717) is 24.1 Å². The average Bonchev–Trinajstić information content (AvgIpc) is 2.91. The number of hydrogen-bond donors (Lipinski definition) is 2. The predicted octanol–water partition coefficient (Wildman–Crippen LogP) is 1.64. The normalized spacial score (nSPS) is 19.1. The van der Waals surface area contributed by atoms with E-state index >= 15 is 0 Å². The highest BCUT2D eigenvalue weighted by atomic mass is 32.2. The molecule has 0 radical (unpaired) electrons. The van der Waals surface area contributed by atoms with E-state index in [4.69, 9.17) is 4.74 Å². The van der Waals surface area contributed by atoms with Gasteiger partial charge in [0.15, 0.2) is 0 Å². The second-order valence-corrected chi connectivity index (χ2v) is 7.26. The molecule has 0 spiro atoms. The fourth-order valence-corrected chi connectivity index (χ4v) is 3.96. The van der Waals surface area contributed by atoms with Gasteiger partial charge in [0.2, 0.25) is 10.0 Å². The van der Waals surface area contributed by atoms with Gasteiger partial charge in [-0.2, -0.15) is 0 Å². The van der Waals surface area contributed by atoms with Crippen molar-refractivity contribution in [2.45, 2.75) is 50.7 Å². The molecule has 0 aromatic heterocycles. The molecule has 0 bridgehead atoms. The molecule has 1 aliphatic heterocycles. The Balaban J connectivity index is 2.07. The number of nitrogens with one attached hydrogen (secondary N) is 1. The molecule has 2 N–H and O–H groups in total. The van der Waals surface area contributed by atoms with E-state index < -0.39 is 10.0 Å². The Kier molecular flexibility index (Phi) is 5.37. The van der Waals surface area contributed by atoms with Crippen LogP contribution in [0.15, 0.2) is 17.0 Å². The van der Waals surface area contributed by atoms with Gasteiger partial charge in [-0.25, -0.2) is 13.1 Å². The van der Waals surface area contributed by atoms with Gasteiger partial charge in [-0.3, -0.25) is 0 Å². The van der Waals surface area contributed by atoms with Crippen LogP contribution in [0.4, 0.5) is 0 Å². The van der Waals surface area contributed by atoms with E-state index in [1.54, 1.807) is 19.1 Å². The van der Waals surface area contributed by atoms with Crippen molar-refractivity contribution in [3.05, 3.63) is 28.8 Å². The number of hydrogen-bond acceptors (Lipinski definition) is 4. The molecule has 1 unspecified atom stereocenters. The van der Waals surface area contributed by atoms with Crippen LogP contribution < -0.4 is 4.72 Å². The highest BCUT2D eigenvalue weighted by Gasteiger charge is 2.20. The minimum atomic E-state index is -3.55. The molecular weight excluding hydrogens is 290 g/mol. The molecule has 1 fully saturated rings. The van der Waals surface area contributed by atoms with Crippen LogP contribution in [0.25, 0.3) is 0 Å². The van der Waals surface area contributed by atoms with Crippen molar-refractivity contribution in [3.63, 3.8) is 0 Å². The Morgan fingerprint density at radius 2 is 2.10 bits per heavy atom. The number of benzene rings is 1. The van der Waals surface area contributed by atoms with Crippen LogP contribution in [-0.4, -0.2) is 32.8 Å². The van der Waals surface area contributed by atoms with Gasteiger partial charge in [-0.05, 0) is 55.9 Å². The molecule has 1 heterocycles. The monoisotopic (exact) mass is 313 g/mol. The van der Waals surface area contributed by atoms with Gasteiger partial charge in [0.25, 0.3) is 0 Å². The van der Waals surface area contributed by atoms with Crippen molar-refractivity contribution >= 4 is 10.0 Å². The number of ether oxygens (including phenoxy) is 1. The lowest BCUT2D eigenvalue weighted by Crippen LogP contribution is -2.28. The first-order valence-corrected chi connectivity index (χ1v) is 8.74. The van der Waals surface area contributed by atoms with E-state index in [1.165, 1.54) is 0 Å². The van der Waals surface area contributed by atoms with Crippen LogP contribution in [0.1, 0.15) is 36.0 Å². The highest BCUT2D eigenvalue weighted by Crippen LogP contribution is 2.21. The van der Waals surface area contributed by atoms with Crippen molar-refractivity contribution in [1.82, 2.24) is 4.72 Å². The fourth-order valence-electron chi connectivity index (χ4n) is 2.64. The van der Waals surface area contributed by atoms with Gasteiger partial charge < -0.3 is 9.84 Å². The molecule has 0 aliphatic carbocycles. The summed E-state index contributed by atoms with van der Waals surface area (Å²) in [4.78, 5) is 0.240. The Bertz CT molecular complexity index is 592. The maximum Gasteiger partial charge on any atom is 0.240 e. The van der Waals surface area contributed by atoms with Crippen molar-refractivity contribution in [3.8, 4) is 0 Å². The van der Waals surface area contributed by atoms with E-state index in [-0.39, 0.29) is 17.6 Å². The summed E-state index contributed by atoms with van der Waals surface area (Å²) in [5.74, 6) is 0. The summed E-state index contributed by atoms with van der Waals surface area (Å²) in [5.41, 5.74) is 2.22. The molecule has 1 aromatic rings. The van der Waals surface area contributed by atoms with E-state index in [9.17, 15) is 13.5 Å². The molecule has 6 heteroatoms. The van der Waals surface area contributed by atoms with Crippen LogP contribution in [0.5, 0.6) is 0 Å². The first-order chi connectivity index (χ1) is 9.94. The highest BCUT2D eigenvalue weighted by molar-refractivity contribution is 7.89. The zero-order chi connectivity index (χ0) is 15.5. The number of sulfonamides is 1. The quantitative estimate of drug-likeness (QED) is 0.837. The van der Waals surface area contributed by atoms with Crippen LogP contribution in [0.2, 0.25) is 0 Å². The average molecular weight is 313 g/mol. The second kappa shape index (κ2) is 6.87. The molecule has 1 aliphatic rings. The number of rotatable bonds is 6. The molecular formula is C15H23NO4S. The molecule has 1 atom stereocenters. The van der Waals surface area contributed by atoms with Gasteiger partial charge in [0.1, 0.15) is 0 Å². The minimum absolute atomic E-state index is 0.162. The molecule has 2 rings (SSSR count). The van der Waals surface area contributed by atoms with Gasteiger partial charge in [0.05, 0.1) is 17.6 Å². The number of aryl methyl sites for hydroxylation is 2. The van der Waals surface area contributed by atoms with Crippen molar-refractivity contribution in [1.29, 1.82) is 0 Å². The van der Waals surface area contributed by atoms with Gasteiger partial charge in [0, 0.05) is 13.2 Å². The first-order valence-electron chi connectivity index (χ1n) is 7.26. The third-order valence-corrected chi connectivity index (χ3v) is 5.48. The zero-order valence-electron chi connectivity index (χ0n) is 12.6. The predicted molar refractivity (Wildman–Crippen MR) is 80.6 cm³/mol. The molecule has 1 saturated heterocycles. The van der Waals surface area contributed by atoms with Crippen LogP contribution in [-0.2, 0) is 21.4 Å². The summed E-state index contributed by atoms with van der Waals surface area (Å²) in [6, 6.07) is 3.35. The molecule has 21 heavy (non-hydrogen) atoms. The maximum absolute atomic E-state index is 12.4. The van der Waals surface area contributed by atoms with E-state index in [2.05, 4.69) is 4.72 Å². The SMILES string of the molecule is Cc1cc(C)c(S(=O)(=O)NCCC2CCCO2)cc1CO. The topological polar surface area (TPSA) is 75.6 Å². The van der Waals surface area contributed by atoms with Gasteiger partial charge >= 0.3 is 0 Å². The van der Waals surface area contributed by atoms with Crippen LogP contribution >= 0.6 is 0 Å². The standard InChI is InChI=1S/C15H23NO4S/c1-11-8-12(2)15(9-13(11)10-17)21(18,19)16-6-5-14-4-3-7-20-14/h8-9,14,16-17H,3-7,10H2,1-2H3. The van der Waals surface area contributed by atoms with Gasteiger partial charge in [-0.1, -0.05) is 6.07 Å². The second-order valence-electron chi connectivity index (χ2n) is 5.52. The van der Waals surface area contributed by atoms with E-state index in [0.717, 1.165) is 25.0 Å². The summed E-state index contributed by atoms with van der Waals surface area (Å²) >= 11 is 0. The Hall–Kier alpha value is -0.950. The third kappa shape index (κ3) is 4.03. The zero-order valence-corrected chi connectivity index (χ0v) is 13.4. The number of aliphatic hydroxyl groups excluding tert-OH is 1. The summed E-state index contributed by atoms with van der Waals surface area (Å²) in [5, 5.41) is 9.29. The fraction of sp³-hybridized carbons (Fsp3) is 0.600. The third-order valence-electron chi connectivity index (χ3n) is 3.88. The van der Waals surface area contributed by atoms with E-state index in [1.807, 2.05) is 6.92 Å². The van der Waals surface area contributed by atoms with Crippen molar-refractivity contribution < 1.29 is 18.3 Å². The van der Waals surface area contributed by atoms with Crippen molar-refractivity contribution in [2.24, 2.45) is 0 Å². The molecule has 118 valence electrons. The summed E-state index contributed by atoms with van der Waals surface area (Å²) in [7, 11) is -3.55. The summed E-state index contributed by atoms with van der Waals surface area (Å²) in [6.07, 6.45) is 2.91. The van der Waals surface area contributed by atoms with Crippen LogP contribution in [0, 0.1) is 13.8 Å². The Morgan fingerprint density at radius 3 is 2.71 bits per heavy atom. The lowest BCUT2D eigenvalue weighted by atomic mass is 10.1. The first kappa shape index (κ1) is 16.4. The van der Waals surface area contributed by atoms with Crippen LogP contribution in [0.3, 0.4) is 0 Å². The Labute approximate surface area is 126 Å². The summed E-state index contributed by atoms with van der Waals surface area (Å²) in [6.45, 7) is 4.61. The Morgan fingerprint density at radius 1 is 1.33 bits per heavy atom. The lowest BCUT2D eigenvalue weighted by Gasteiger charge is -2.14. The largest absolute Gasteiger partial charge is 0.392 e. The molecule has 5 nitrogen and oxygen atoms in total. The number of aliphatic hydroxyl groups is 1. The minimum Gasteiger partial charge on any atom is -0.392 e. The summed E-state index contributed by atoms with van der Waals surface area (Å²) < 4.78 is 32.9. The van der Waals surface area contributed by atoms with Crippen molar-refractivity contribution in [2.75, 3.05) is 13.2 Å². The smallest absolute Gasteiger partial charge is 0.240 e. The maximum atomic E-state index is 12.4.